The predicted molar refractivity (Wildman–Crippen MR) is 66.3 cm³/mol. The molecule has 1 aromatic carbocycles. The molecule has 2 rings (SSSR count). The lowest BCUT2D eigenvalue weighted by atomic mass is 10.1. The van der Waals surface area contributed by atoms with Gasteiger partial charge in [0.05, 0.1) is 6.61 Å². The van der Waals surface area contributed by atoms with E-state index in [1.165, 1.54) is 18.2 Å². The van der Waals surface area contributed by atoms with Crippen molar-refractivity contribution >= 4 is 17.6 Å². The van der Waals surface area contributed by atoms with Crippen LogP contribution in [-0.4, -0.2) is 47.9 Å². The summed E-state index contributed by atoms with van der Waals surface area (Å²) < 4.78 is 5.27. The summed E-state index contributed by atoms with van der Waals surface area (Å²) in [6, 6.07) is 3.84. The van der Waals surface area contributed by atoms with Crippen LogP contribution < -0.4 is 10.6 Å². The number of aromatic hydroxyl groups is 1. The van der Waals surface area contributed by atoms with Gasteiger partial charge in [-0.25, -0.2) is 4.79 Å². The number of hydrogen-bond acceptors (Lipinski definition) is 5. The molecule has 1 fully saturated rings. The van der Waals surface area contributed by atoms with Crippen molar-refractivity contribution in [3.63, 3.8) is 0 Å². The number of hydrogen-bond donors (Lipinski definition) is 4. The Morgan fingerprint density at radius 1 is 1.42 bits per heavy atom. The molecule has 1 atom stereocenters. The number of aromatic carboxylic acids is 1. The molecule has 19 heavy (non-hydrogen) atoms. The van der Waals surface area contributed by atoms with Crippen molar-refractivity contribution in [1.82, 2.24) is 5.32 Å². The fourth-order valence-electron chi connectivity index (χ4n) is 1.75. The van der Waals surface area contributed by atoms with E-state index in [0.717, 1.165) is 0 Å². The third kappa shape index (κ3) is 3.21. The molecule has 7 nitrogen and oxygen atoms in total. The molecule has 0 radical (unpaired) electrons. The highest BCUT2D eigenvalue weighted by Crippen LogP contribution is 2.22. The average Bonchev–Trinajstić information content (AvgIpc) is 2.39. The first-order valence-electron chi connectivity index (χ1n) is 5.77. The maximum absolute atomic E-state index is 11.8. The van der Waals surface area contributed by atoms with Gasteiger partial charge in [-0.2, -0.15) is 0 Å². The number of ether oxygens (including phenoxy) is 1. The minimum atomic E-state index is -1.23. The van der Waals surface area contributed by atoms with Gasteiger partial charge in [-0.3, -0.25) is 4.79 Å². The molecule has 0 aliphatic carbocycles. The second kappa shape index (κ2) is 5.68. The number of morpholine rings is 1. The van der Waals surface area contributed by atoms with Crippen LogP contribution in [0, 0.1) is 0 Å². The smallest absolute Gasteiger partial charge is 0.339 e. The van der Waals surface area contributed by atoms with Gasteiger partial charge in [-0.15, -0.1) is 0 Å². The zero-order valence-corrected chi connectivity index (χ0v) is 10.0. The molecule has 7 heteroatoms. The molecule has 1 heterocycles. The van der Waals surface area contributed by atoms with E-state index in [1.807, 2.05) is 0 Å². The van der Waals surface area contributed by atoms with Crippen molar-refractivity contribution in [2.45, 2.75) is 6.10 Å². The van der Waals surface area contributed by atoms with E-state index < -0.39 is 17.8 Å². The van der Waals surface area contributed by atoms with Crippen molar-refractivity contribution in [2.75, 3.05) is 25.0 Å². The summed E-state index contributed by atoms with van der Waals surface area (Å²) in [5, 5.41) is 23.9. The van der Waals surface area contributed by atoms with Crippen molar-refractivity contribution in [3.05, 3.63) is 23.8 Å². The minimum absolute atomic E-state index is 0.214. The Balaban J connectivity index is 2.04. The Hall–Kier alpha value is -2.12. The molecule has 1 aromatic rings. The van der Waals surface area contributed by atoms with Crippen LogP contribution in [0.1, 0.15) is 10.4 Å². The highest BCUT2D eigenvalue weighted by molar-refractivity contribution is 5.96. The van der Waals surface area contributed by atoms with Crippen LogP contribution in [0.25, 0.3) is 0 Å². The van der Waals surface area contributed by atoms with Crippen molar-refractivity contribution in [2.24, 2.45) is 0 Å². The number of nitrogens with one attached hydrogen (secondary N) is 2. The molecular formula is C12H14N2O5. The lowest BCUT2D eigenvalue weighted by Gasteiger charge is -2.22. The normalized spacial score (nSPS) is 18.8. The maximum Gasteiger partial charge on any atom is 0.339 e. The summed E-state index contributed by atoms with van der Waals surface area (Å²) in [7, 11) is 0. The molecule has 0 saturated carbocycles. The predicted octanol–water partition coefficient (Wildman–Crippen LogP) is 0.0173. The van der Waals surface area contributed by atoms with E-state index in [2.05, 4.69) is 10.6 Å². The SMILES string of the molecule is O=C(O)c1ccc(NC(=O)C2CNCCO2)cc1O. The van der Waals surface area contributed by atoms with Gasteiger partial charge in [-0.1, -0.05) is 0 Å². The Labute approximate surface area is 109 Å². The quantitative estimate of drug-likeness (QED) is 0.614. The van der Waals surface area contributed by atoms with Gasteiger partial charge in [0.2, 0.25) is 0 Å². The first-order valence-corrected chi connectivity index (χ1v) is 5.77. The molecule has 1 amide bonds. The number of carbonyl (C=O) groups excluding carboxylic acids is 1. The number of rotatable bonds is 3. The van der Waals surface area contributed by atoms with Crippen molar-refractivity contribution < 1.29 is 24.5 Å². The van der Waals surface area contributed by atoms with Crippen LogP contribution in [0.15, 0.2) is 18.2 Å². The topological polar surface area (TPSA) is 108 Å². The van der Waals surface area contributed by atoms with Crippen molar-refractivity contribution in [1.29, 1.82) is 0 Å². The molecule has 0 aromatic heterocycles. The molecule has 1 aliphatic heterocycles. The second-order valence-electron chi connectivity index (χ2n) is 4.09. The lowest BCUT2D eigenvalue weighted by Crippen LogP contribution is -2.45. The minimum Gasteiger partial charge on any atom is -0.507 e. The summed E-state index contributed by atoms with van der Waals surface area (Å²) in [6.45, 7) is 1.59. The van der Waals surface area contributed by atoms with Gasteiger partial charge in [0.25, 0.3) is 5.91 Å². The number of carboxylic acid groups (broad SMARTS) is 1. The molecule has 0 spiro atoms. The standard InChI is InChI=1S/C12H14N2O5/c15-9-5-7(1-2-8(9)12(17)18)14-11(16)10-6-13-3-4-19-10/h1-2,5,10,13,15H,3-4,6H2,(H,14,16)(H,17,18). The van der Waals surface area contributed by atoms with Crippen LogP contribution in [0.2, 0.25) is 0 Å². The number of benzene rings is 1. The van der Waals surface area contributed by atoms with Gasteiger partial charge in [0.15, 0.2) is 0 Å². The molecule has 1 saturated heterocycles. The first kappa shape index (κ1) is 13.3. The highest BCUT2D eigenvalue weighted by Gasteiger charge is 2.22. The average molecular weight is 266 g/mol. The highest BCUT2D eigenvalue weighted by atomic mass is 16.5. The van der Waals surface area contributed by atoms with Crippen LogP contribution in [0.3, 0.4) is 0 Å². The van der Waals surface area contributed by atoms with Crippen LogP contribution in [0.4, 0.5) is 5.69 Å². The van der Waals surface area contributed by atoms with E-state index in [0.29, 0.717) is 25.4 Å². The zero-order valence-electron chi connectivity index (χ0n) is 10.0. The van der Waals surface area contributed by atoms with E-state index in [-0.39, 0.29) is 11.5 Å². The molecule has 1 unspecified atom stereocenters. The fourth-order valence-corrected chi connectivity index (χ4v) is 1.75. The largest absolute Gasteiger partial charge is 0.507 e. The number of anilines is 1. The van der Waals surface area contributed by atoms with Gasteiger partial charge in [0, 0.05) is 24.8 Å². The third-order valence-electron chi connectivity index (χ3n) is 2.72. The molecule has 102 valence electrons. The summed E-state index contributed by atoms with van der Waals surface area (Å²) >= 11 is 0. The number of carboxylic acids is 1. The molecule has 4 N–H and O–H groups in total. The fraction of sp³-hybridized carbons (Fsp3) is 0.333. The van der Waals surface area contributed by atoms with Gasteiger partial charge in [0.1, 0.15) is 17.4 Å². The van der Waals surface area contributed by atoms with Gasteiger partial charge in [-0.05, 0) is 12.1 Å². The van der Waals surface area contributed by atoms with E-state index in [4.69, 9.17) is 9.84 Å². The summed E-state index contributed by atoms with van der Waals surface area (Å²) in [5.41, 5.74) is 0.107. The lowest BCUT2D eigenvalue weighted by molar-refractivity contribution is -0.128. The van der Waals surface area contributed by atoms with Crippen LogP contribution >= 0.6 is 0 Å². The van der Waals surface area contributed by atoms with Crippen molar-refractivity contribution in [3.8, 4) is 5.75 Å². The van der Waals surface area contributed by atoms with E-state index in [1.54, 1.807) is 0 Å². The van der Waals surface area contributed by atoms with Gasteiger partial charge < -0.3 is 25.6 Å². The monoisotopic (exact) mass is 266 g/mol. The Morgan fingerprint density at radius 3 is 2.79 bits per heavy atom. The second-order valence-corrected chi connectivity index (χ2v) is 4.09. The first-order chi connectivity index (χ1) is 9.08. The molecule has 1 aliphatic rings. The Bertz CT molecular complexity index is 497. The van der Waals surface area contributed by atoms with Crippen LogP contribution in [0.5, 0.6) is 5.75 Å². The summed E-state index contributed by atoms with van der Waals surface area (Å²) in [4.78, 5) is 22.6. The summed E-state index contributed by atoms with van der Waals surface area (Å²) in [6.07, 6.45) is -0.588. The van der Waals surface area contributed by atoms with Crippen LogP contribution in [-0.2, 0) is 9.53 Å². The summed E-state index contributed by atoms with van der Waals surface area (Å²) in [5.74, 6) is -1.96. The van der Waals surface area contributed by atoms with Gasteiger partial charge >= 0.3 is 5.97 Å². The molecular weight excluding hydrogens is 252 g/mol. The van der Waals surface area contributed by atoms with E-state index in [9.17, 15) is 14.7 Å². The number of phenols is 1. The molecule has 0 bridgehead atoms. The Kier molecular flexibility index (Phi) is 3.98. The number of carbonyl (C=O) groups is 2. The Morgan fingerprint density at radius 2 is 2.21 bits per heavy atom. The third-order valence-corrected chi connectivity index (χ3v) is 2.72. The zero-order chi connectivity index (χ0) is 13.8. The maximum atomic E-state index is 11.8. The number of amides is 1. The van der Waals surface area contributed by atoms with E-state index >= 15 is 0 Å².